The fraction of sp³-hybridized carbons (Fsp3) is 0.533. The van der Waals surface area contributed by atoms with Crippen LogP contribution in [-0.2, 0) is 0 Å². The molecule has 1 amide bonds. The topological polar surface area (TPSA) is 46.3 Å². The van der Waals surface area contributed by atoms with Crippen LogP contribution in [0.1, 0.15) is 50.4 Å². The van der Waals surface area contributed by atoms with Gasteiger partial charge in [0.05, 0.1) is 0 Å². The number of benzene rings is 1. The SMILES string of the molecule is CCCCN(C(=O)c1ccc(N)cc1)C(C)CC. The quantitative estimate of drug-likeness (QED) is 0.785. The lowest BCUT2D eigenvalue weighted by molar-refractivity contribution is 0.0685. The third kappa shape index (κ3) is 3.76. The highest BCUT2D eigenvalue weighted by Gasteiger charge is 2.19. The van der Waals surface area contributed by atoms with Gasteiger partial charge in [0.15, 0.2) is 0 Å². The third-order valence-electron chi connectivity index (χ3n) is 3.29. The Morgan fingerprint density at radius 3 is 2.39 bits per heavy atom. The summed E-state index contributed by atoms with van der Waals surface area (Å²) in [4.78, 5) is 14.4. The lowest BCUT2D eigenvalue weighted by Gasteiger charge is -2.28. The van der Waals surface area contributed by atoms with Gasteiger partial charge in [0.1, 0.15) is 0 Å². The summed E-state index contributed by atoms with van der Waals surface area (Å²) in [6, 6.07) is 7.45. The van der Waals surface area contributed by atoms with E-state index in [1.807, 2.05) is 4.90 Å². The summed E-state index contributed by atoms with van der Waals surface area (Å²) in [5.74, 6) is 0.109. The van der Waals surface area contributed by atoms with Crippen molar-refractivity contribution in [3.05, 3.63) is 29.8 Å². The number of unbranched alkanes of at least 4 members (excludes halogenated alkanes) is 1. The Morgan fingerprint density at radius 2 is 1.89 bits per heavy atom. The lowest BCUT2D eigenvalue weighted by atomic mass is 10.1. The van der Waals surface area contributed by atoms with E-state index in [4.69, 9.17) is 5.73 Å². The van der Waals surface area contributed by atoms with E-state index in [1.165, 1.54) is 0 Å². The van der Waals surface area contributed by atoms with Gasteiger partial charge >= 0.3 is 0 Å². The largest absolute Gasteiger partial charge is 0.399 e. The molecule has 0 saturated heterocycles. The van der Waals surface area contributed by atoms with Gasteiger partial charge in [-0.15, -0.1) is 0 Å². The van der Waals surface area contributed by atoms with E-state index >= 15 is 0 Å². The molecule has 0 spiro atoms. The number of nitrogen functional groups attached to an aromatic ring is 1. The van der Waals surface area contributed by atoms with Gasteiger partial charge in [-0.3, -0.25) is 4.79 Å². The molecular formula is C15H24N2O. The van der Waals surface area contributed by atoms with E-state index in [2.05, 4.69) is 20.8 Å². The highest BCUT2D eigenvalue weighted by molar-refractivity contribution is 5.94. The fourth-order valence-corrected chi connectivity index (χ4v) is 1.86. The molecule has 0 fully saturated rings. The zero-order valence-corrected chi connectivity index (χ0v) is 11.6. The molecule has 0 heterocycles. The first-order valence-electron chi connectivity index (χ1n) is 6.76. The van der Waals surface area contributed by atoms with Gasteiger partial charge < -0.3 is 10.6 Å². The molecule has 0 saturated carbocycles. The molecule has 3 heteroatoms. The molecule has 0 aromatic heterocycles. The van der Waals surface area contributed by atoms with Crippen molar-refractivity contribution < 1.29 is 4.79 Å². The maximum atomic E-state index is 12.4. The number of nitrogens with two attached hydrogens (primary N) is 1. The van der Waals surface area contributed by atoms with E-state index in [-0.39, 0.29) is 11.9 Å². The van der Waals surface area contributed by atoms with E-state index in [0.717, 1.165) is 31.4 Å². The molecule has 0 aliphatic carbocycles. The van der Waals surface area contributed by atoms with E-state index in [1.54, 1.807) is 24.3 Å². The Labute approximate surface area is 110 Å². The Balaban J connectivity index is 2.83. The van der Waals surface area contributed by atoms with Crippen molar-refractivity contribution in [3.63, 3.8) is 0 Å². The van der Waals surface area contributed by atoms with E-state index in [9.17, 15) is 4.79 Å². The van der Waals surface area contributed by atoms with Gasteiger partial charge in [0.25, 0.3) is 5.91 Å². The molecule has 1 rings (SSSR count). The second kappa shape index (κ2) is 7.04. The summed E-state index contributed by atoms with van der Waals surface area (Å²) >= 11 is 0. The molecule has 0 aliphatic heterocycles. The smallest absolute Gasteiger partial charge is 0.254 e. The highest BCUT2D eigenvalue weighted by atomic mass is 16.2. The van der Waals surface area contributed by atoms with Crippen LogP contribution >= 0.6 is 0 Å². The van der Waals surface area contributed by atoms with Crippen LogP contribution in [0.3, 0.4) is 0 Å². The van der Waals surface area contributed by atoms with Crippen LogP contribution in [0.2, 0.25) is 0 Å². The van der Waals surface area contributed by atoms with Crippen molar-refractivity contribution in [2.45, 2.75) is 46.1 Å². The Bertz CT molecular complexity index is 373. The number of anilines is 1. The van der Waals surface area contributed by atoms with E-state index < -0.39 is 0 Å². The zero-order valence-electron chi connectivity index (χ0n) is 11.6. The first-order chi connectivity index (χ1) is 8.60. The van der Waals surface area contributed by atoms with Crippen LogP contribution in [0.5, 0.6) is 0 Å². The average molecular weight is 248 g/mol. The van der Waals surface area contributed by atoms with Crippen LogP contribution in [0.4, 0.5) is 5.69 Å². The van der Waals surface area contributed by atoms with Crippen molar-refractivity contribution >= 4 is 11.6 Å². The maximum Gasteiger partial charge on any atom is 0.254 e. The Hall–Kier alpha value is -1.51. The van der Waals surface area contributed by atoms with Crippen molar-refractivity contribution in [1.29, 1.82) is 0 Å². The van der Waals surface area contributed by atoms with Crippen LogP contribution in [-0.4, -0.2) is 23.4 Å². The lowest BCUT2D eigenvalue weighted by Crippen LogP contribution is -2.39. The maximum absolute atomic E-state index is 12.4. The molecule has 1 unspecified atom stereocenters. The summed E-state index contributed by atoms with van der Waals surface area (Å²) in [6.07, 6.45) is 3.12. The van der Waals surface area contributed by atoms with Gasteiger partial charge in [-0.1, -0.05) is 20.3 Å². The van der Waals surface area contributed by atoms with E-state index in [0.29, 0.717) is 5.69 Å². The second-order valence-electron chi connectivity index (χ2n) is 4.73. The van der Waals surface area contributed by atoms with Crippen molar-refractivity contribution in [2.75, 3.05) is 12.3 Å². The highest BCUT2D eigenvalue weighted by Crippen LogP contribution is 2.13. The number of nitrogens with zero attached hydrogens (tertiary/aromatic N) is 1. The number of carbonyl (C=O) groups excluding carboxylic acids is 1. The normalized spacial score (nSPS) is 12.2. The predicted molar refractivity (Wildman–Crippen MR) is 76.6 cm³/mol. The van der Waals surface area contributed by atoms with Crippen molar-refractivity contribution in [2.24, 2.45) is 0 Å². The first kappa shape index (κ1) is 14.6. The summed E-state index contributed by atoms with van der Waals surface area (Å²) in [6.45, 7) is 7.18. The molecule has 0 bridgehead atoms. The monoisotopic (exact) mass is 248 g/mol. The van der Waals surface area contributed by atoms with Gasteiger partial charge in [-0.2, -0.15) is 0 Å². The van der Waals surface area contributed by atoms with Crippen LogP contribution in [0.15, 0.2) is 24.3 Å². The number of hydrogen-bond donors (Lipinski definition) is 1. The number of amides is 1. The van der Waals surface area contributed by atoms with Gasteiger partial charge in [0.2, 0.25) is 0 Å². The molecule has 3 nitrogen and oxygen atoms in total. The molecule has 1 aromatic rings. The van der Waals surface area contributed by atoms with Gasteiger partial charge in [-0.05, 0) is 44.0 Å². The third-order valence-corrected chi connectivity index (χ3v) is 3.29. The fourth-order valence-electron chi connectivity index (χ4n) is 1.86. The minimum atomic E-state index is 0.109. The first-order valence-corrected chi connectivity index (χ1v) is 6.76. The van der Waals surface area contributed by atoms with Crippen LogP contribution < -0.4 is 5.73 Å². The van der Waals surface area contributed by atoms with Crippen molar-refractivity contribution in [3.8, 4) is 0 Å². The molecule has 2 N–H and O–H groups in total. The Kier molecular flexibility index (Phi) is 5.69. The molecular weight excluding hydrogens is 224 g/mol. The van der Waals surface area contributed by atoms with Gasteiger partial charge in [-0.25, -0.2) is 0 Å². The summed E-state index contributed by atoms with van der Waals surface area (Å²) < 4.78 is 0. The average Bonchev–Trinajstić information content (AvgIpc) is 2.39. The van der Waals surface area contributed by atoms with Gasteiger partial charge in [0, 0.05) is 23.8 Å². The second-order valence-corrected chi connectivity index (χ2v) is 4.73. The molecule has 100 valence electrons. The number of carbonyl (C=O) groups is 1. The van der Waals surface area contributed by atoms with Crippen LogP contribution in [0, 0.1) is 0 Å². The van der Waals surface area contributed by atoms with Crippen molar-refractivity contribution in [1.82, 2.24) is 4.90 Å². The molecule has 0 radical (unpaired) electrons. The standard InChI is InChI=1S/C15H24N2O/c1-4-6-11-17(12(3)5-2)15(18)13-7-9-14(16)10-8-13/h7-10,12H,4-6,11,16H2,1-3H3. The summed E-state index contributed by atoms with van der Waals surface area (Å²) in [5, 5.41) is 0. The molecule has 18 heavy (non-hydrogen) atoms. The molecule has 1 atom stereocenters. The molecule has 0 aliphatic rings. The number of rotatable bonds is 6. The summed E-state index contributed by atoms with van der Waals surface area (Å²) in [7, 11) is 0. The minimum Gasteiger partial charge on any atom is -0.399 e. The predicted octanol–water partition coefficient (Wildman–Crippen LogP) is 3.31. The molecule has 1 aromatic carbocycles. The Morgan fingerprint density at radius 1 is 1.28 bits per heavy atom. The van der Waals surface area contributed by atoms with Crippen LogP contribution in [0.25, 0.3) is 0 Å². The summed E-state index contributed by atoms with van der Waals surface area (Å²) in [5.41, 5.74) is 7.06. The number of hydrogen-bond acceptors (Lipinski definition) is 2. The minimum absolute atomic E-state index is 0.109. The zero-order chi connectivity index (χ0) is 13.5.